The molecule has 2 aromatic rings. The van der Waals surface area contributed by atoms with E-state index in [0.29, 0.717) is 18.6 Å². The van der Waals surface area contributed by atoms with Gasteiger partial charge in [-0.1, -0.05) is 56.2 Å². The van der Waals surface area contributed by atoms with Crippen LogP contribution in [0.2, 0.25) is 0 Å². The van der Waals surface area contributed by atoms with Crippen LogP contribution in [-0.2, 0) is 4.74 Å². The lowest BCUT2D eigenvalue weighted by Gasteiger charge is -2.29. The minimum absolute atomic E-state index is 0.0382. The number of ether oxygens (including phenoxy) is 1. The fourth-order valence-electron chi connectivity index (χ4n) is 3.29. The summed E-state index contributed by atoms with van der Waals surface area (Å²) in [6.07, 6.45) is 5.50. The zero-order valence-electron chi connectivity index (χ0n) is 12.8. The summed E-state index contributed by atoms with van der Waals surface area (Å²) in [5, 5.41) is 2.51. The van der Waals surface area contributed by atoms with Crippen LogP contribution in [0.4, 0.5) is 0 Å². The third kappa shape index (κ3) is 3.45. The molecule has 2 heteroatoms. The molecule has 2 nitrogen and oxygen atoms in total. The minimum atomic E-state index is -0.0382. The third-order valence-electron chi connectivity index (χ3n) is 4.72. The van der Waals surface area contributed by atoms with Gasteiger partial charge in [0.15, 0.2) is 0 Å². The van der Waals surface area contributed by atoms with Crippen molar-refractivity contribution in [3.8, 4) is 0 Å². The van der Waals surface area contributed by atoms with Crippen LogP contribution >= 0.6 is 0 Å². The van der Waals surface area contributed by atoms with E-state index in [1.54, 1.807) is 0 Å². The number of benzene rings is 2. The standard InChI is InChI=1S/C19H25NO/c1-14-6-2-5-9-19(14)21-13-18(20)17-11-10-15-7-3-4-8-16(15)12-17/h3-4,7-8,10-12,14,18-19H,2,5-6,9,13,20H2,1H3. The highest BCUT2D eigenvalue weighted by atomic mass is 16.5. The molecule has 3 atom stereocenters. The van der Waals surface area contributed by atoms with Gasteiger partial charge in [0.1, 0.15) is 0 Å². The molecule has 0 bridgehead atoms. The highest BCUT2D eigenvalue weighted by Gasteiger charge is 2.22. The van der Waals surface area contributed by atoms with Crippen molar-refractivity contribution < 1.29 is 4.74 Å². The topological polar surface area (TPSA) is 35.2 Å². The van der Waals surface area contributed by atoms with Gasteiger partial charge in [0, 0.05) is 0 Å². The van der Waals surface area contributed by atoms with Crippen molar-refractivity contribution in [2.45, 2.75) is 44.8 Å². The van der Waals surface area contributed by atoms with Crippen molar-refractivity contribution in [3.05, 3.63) is 48.0 Å². The maximum Gasteiger partial charge on any atom is 0.0663 e. The van der Waals surface area contributed by atoms with Crippen LogP contribution in [0.5, 0.6) is 0 Å². The van der Waals surface area contributed by atoms with Gasteiger partial charge in [-0.25, -0.2) is 0 Å². The molecule has 0 aliphatic heterocycles. The lowest BCUT2D eigenvalue weighted by atomic mass is 9.88. The van der Waals surface area contributed by atoms with E-state index in [9.17, 15) is 0 Å². The van der Waals surface area contributed by atoms with Gasteiger partial charge in [-0.3, -0.25) is 0 Å². The molecule has 112 valence electrons. The van der Waals surface area contributed by atoms with E-state index in [4.69, 9.17) is 10.5 Å². The van der Waals surface area contributed by atoms with E-state index in [1.165, 1.54) is 36.5 Å². The van der Waals surface area contributed by atoms with Gasteiger partial charge in [0.2, 0.25) is 0 Å². The van der Waals surface area contributed by atoms with E-state index >= 15 is 0 Å². The predicted molar refractivity (Wildman–Crippen MR) is 88.2 cm³/mol. The molecular weight excluding hydrogens is 258 g/mol. The Morgan fingerprint density at radius 2 is 1.86 bits per heavy atom. The molecule has 1 aliphatic rings. The average molecular weight is 283 g/mol. The smallest absolute Gasteiger partial charge is 0.0663 e. The molecule has 2 N–H and O–H groups in total. The van der Waals surface area contributed by atoms with Crippen molar-refractivity contribution in [2.75, 3.05) is 6.61 Å². The van der Waals surface area contributed by atoms with Gasteiger partial charge in [-0.2, -0.15) is 0 Å². The van der Waals surface area contributed by atoms with Crippen molar-refractivity contribution in [1.29, 1.82) is 0 Å². The number of hydrogen-bond donors (Lipinski definition) is 1. The Morgan fingerprint density at radius 3 is 2.67 bits per heavy atom. The average Bonchev–Trinajstić information content (AvgIpc) is 2.53. The predicted octanol–water partition coefficient (Wildman–Crippen LogP) is 4.43. The number of nitrogens with two attached hydrogens (primary N) is 1. The zero-order chi connectivity index (χ0) is 14.7. The summed E-state index contributed by atoms with van der Waals surface area (Å²) in [6.45, 7) is 2.92. The molecule has 3 unspecified atom stereocenters. The fraction of sp³-hybridized carbons (Fsp3) is 0.474. The SMILES string of the molecule is CC1CCCCC1OCC(N)c1ccc2ccccc2c1. The normalized spacial score (nSPS) is 24.1. The molecule has 0 aromatic heterocycles. The minimum Gasteiger partial charge on any atom is -0.376 e. The summed E-state index contributed by atoms with van der Waals surface area (Å²) in [5.41, 5.74) is 7.49. The maximum absolute atomic E-state index is 6.32. The van der Waals surface area contributed by atoms with Crippen LogP contribution in [0, 0.1) is 5.92 Å². The van der Waals surface area contributed by atoms with E-state index < -0.39 is 0 Å². The summed E-state index contributed by atoms with van der Waals surface area (Å²) in [5.74, 6) is 0.669. The number of rotatable bonds is 4. The fourth-order valence-corrected chi connectivity index (χ4v) is 3.29. The second kappa shape index (κ2) is 6.59. The Kier molecular flexibility index (Phi) is 4.57. The quantitative estimate of drug-likeness (QED) is 0.900. The van der Waals surface area contributed by atoms with Gasteiger partial charge in [-0.05, 0) is 41.2 Å². The highest BCUT2D eigenvalue weighted by Crippen LogP contribution is 2.27. The summed E-state index contributed by atoms with van der Waals surface area (Å²) in [6, 6.07) is 14.8. The Balaban J connectivity index is 1.64. The van der Waals surface area contributed by atoms with E-state index in [2.05, 4.69) is 49.4 Å². The Hall–Kier alpha value is -1.38. The molecule has 1 saturated carbocycles. The van der Waals surface area contributed by atoms with Crippen molar-refractivity contribution in [3.63, 3.8) is 0 Å². The second-order valence-electron chi connectivity index (χ2n) is 6.35. The van der Waals surface area contributed by atoms with Gasteiger partial charge < -0.3 is 10.5 Å². The molecule has 21 heavy (non-hydrogen) atoms. The molecule has 1 fully saturated rings. The summed E-state index contributed by atoms with van der Waals surface area (Å²) in [4.78, 5) is 0. The van der Waals surface area contributed by atoms with E-state index in [1.807, 2.05) is 0 Å². The van der Waals surface area contributed by atoms with Crippen LogP contribution in [0.1, 0.15) is 44.2 Å². The second-order valence-corrected chi connectivity index (χ2v) is 6.35. The van der Waals surface area contributed by atoms with Crippen LogP contribution in [0.25, 0.3) is 10.8 Å². The first kappa shape index (κ1) is 14.6. The van der Waals surface area contributed by atoms with Crippen LogP contribution < -0.4 is 5.73 Å². The van der Waals surface area contributed by atoms with Crippen molar-refractivity contribution in [2.24, 2.45) is 11.7 Å². The summed E-state index contributed by atoms with van der Waals surface area (Å²) >= 11 is 0. The monoisotopic (exact) mass is 283 g/mol. The first-order valence-corrected chi connectivity index (χ1v) is 8.10. The largest absolute Gasteiger partial charge is 0.376 e. The molecule has 0 spiro atoms. The molecule has 3 rings (SSSR count). The molecule has 2 aromatic carbocycles. The lowest BCUT2D eigenvalue weighted by molar-refractivity contribution is -0.0113. The Labute approximate surface area is 127 Å². The van der Waals surface area contributed by atoms with Crippen molar-refractivity contribution >= 4 is 10.8 Å². The van der Waals surface area contributed by atoms with E-state index in [0.717, 1.165) is 5.56 Å². The first-order valence-electron chi connectivity index (χ1n) is 8.10. The first-order chi connectivity index (χ1) is 10.2. The molecule has 0 heterocycles. The Morgan fingerprint density at radius 1 is 1.10 bits per heavy atom. The summed E-state index contributed by atoms with van der Waals surface area (Å²) < 4.78 is 6.10. The van der Waals surface area contributed by atoms with Gasteiger partial charge in [-0.15, -0.1) is 0 Å². The van der Waals surface area contributed by atoms with Crippen LogP contribution in [-0.4, -0.2) is 12.7 Å². The summed E-state index contributed by atoms with van der Waals surface area (Å²) in [7, 11) is 0. The molecular formula is C19H25NO. The van der Waals surface area contributed by atoms with Crippen LogP contribution in [0.3, 0.4) is 0 Å². The zero-order valence-corrected chi connectivity index (χ0v) is 12.8. The van der Waals surface area contributed by atoms with Gasteiger partial charge in [0.25, 0.3) is 0 Å². The van der Waals surface area contributed by atoms with E-state index in [-0.39, 0.29) is 6.04 Å². The van der Waals surface area contributed by atoms with Gasteiger partial charge >= 0.3 is 0 Å². The molecule has 0 radical (unpaired) electrons. The maximum atomic E-state index is 6.32. The third-order valence-corrected chi connectivity index (χ3v) is 4.72. The van der Waals surface area contributed by atoms with Crippen molar-refractivity contribution in [1.82, 2.24) is 0 Å². The Bertz CT molecular complexity index is 595. The number of fused-ring (bicyclic) bond motifs is 1. The molecule has 0 saturated heterocycles. The molecule has 1 aliphatic carbocycles. The molecule has 0 amide bonds. The van der Waals surface area contributed by atoms with Crippen LogP contribution in [0.15, 0.2) is 42.5 Å². The number of hydrogen-bond acceptors (Lipinski definition) is 2. The lowest BCUT2D eigenvalue weighted by Crippen LogP contribution is -2.29. The highest BCUT2D eigenvalue weighted by molar-refractivity contribution is 5.83. The van der Waals surface area contributed by atoms with Gasteiger partial charge in [0.05, 0.1) is 18.8 Å².